The minimum Gasteiger partial charge on any atom is -0.497 e. The van der Waals surface area contributed by atoms with Crippen LogP contribution in [0.2, 0.25) is 0 Å². The van der Waals surface area contributed by atoms with E-state index in [0.717, 1.165) is 5.56 Å². The molecule has 17 heavy (non-hydrogen) atoms. The van der Waals surface area contributed by atoms with Crippen LogP contribution in [0.4, 0.5) is 0 Å². The van der Waals surface area contributed by atoms with E-state index in [1.807, 2.05) is 12.1 Å². The lowest BCUT2D eigenvalue weighted by atomic mass is 10.00. The molecule has 2 unspecified atom stereocenters. The van der Waals surface area contributed by atoms with Crippen LogP contribution < -0.4 is 20.5 Å². The topological polar surface area (TPSA) is 76.7 Å². The van der Waals surface area contributed by atoms with Gasteiger partial charge in [-0.3, -0.25) is 0 Å². The summed E-state index contributed by atoms with van der Waals surface area (Å²) in [5, 5.41) is 12.9. The number of nitrogens with one attached hydrogen (secondary N) is 1. The Morgan fingerprint density at radius 2 is 2.06 bits per heavy atom. The molecule has 0 aromatic heterocycles. The third-order valence-electron chi connectivity index (χ3n) is 2.71. The van der Waals surface area contributed by atoms with E-state index in [0.29, 0.717) is 11.5 Å². The first-order chi connectivity index (χ1) is 8.17. The van der Waals surface area contributed by atoms with E-state index in [9.17, 15) is 5.11 Å². The highest BCUT2D eigenvalue weighted by atomic mass is 16.5. The largest absolute Gasteiger partial charge is 0.497 e. The van der Waals surface area contributed by atoms with E-state index < -0.39 is 6.10 Å². The van der Waals surface area contributed by atoms with Gasteiger partial charge in [0.2, 0.25) is 0 Å². The summed E-state index contributed by atoms with van der Waals surface area (Å²) in [4.78, 5) is 0. The van der Waals surface area contributed by atoms with Crippen molar-refractivity contribution < 1.29 is 14.6 Å². The Morgan fingerprint density at radius 1 is 1.35 bits per heavy atom. The van der Waals surface area contributed by atoms with Crippen molar-refractivity contribution in [2.75, 3.05) is 27.8 Å². The minimum atomic E-state index is -0.665. The van der Waals surface area contributed by atoms with Crippen LogP contribution in [0.1, 0.15) is 11.6 Å². The van der Waals surface area contributed by atoms with Gasteiger partial charge < -0.3 is 25.6 Å². The number of hydrogen-bond donors (Lipinski definition) is 3. The average molecular weight is 240 g/mol. The van der Waals surface area contributed by atoms with Crippen molar-refractivity contribution in [2.45, 2.75) is 12.1 Å². The van der Waals surface area contributed by atoms with Gasteiger partial charge in [-0.15, -0.1) is 0 Å². The molecule has 0 spiro atoms. The highest BCUT2D eigenvalue weighted by Gasteiger charge is 2.21. The Kier molecular flexibility index (Phi) is 5.21. The van der Waals surface area contributed by atoms with E-state index in [4.69, 9.17) is 15.2 Å². The molecule has 0 amide bonds. The number of ether oxygens (including phenoxy) is 2. The highest BCUT2D eigenvalue weighted by Crippen LogP contribution is 2.30. The fourth-order valence-electron chi connectivity index (χ4n) is 1.77. The van der Waals surface area contributed by atoms with E-state index in [2.05, 4.69) is 5.32 Å². The number of hydrogen-bond acceptors (Lipinski definition) is 5. The molecule has 1 aromatic carbocycles. The molecule has 5 heteroatoms. The van der Waals surface area contributed by atoms with Crippen LogP contribution >= 0.6 is 0 Å². The highest BCUT2D eigenvalue weighted by molar-refractivity contribution is 5.43. The number of aliphatic hydroxyl groups excluding tert-OH is 1. The van der Waals surface area contributed by atoms with Crippen LogP contribution in [0.3, 0.4) is 0 Å². The van der Waals surface area contributed by atoms with E-state index in [1.165, 1.54) is 0 Å². The maximum Gasteiger partial charge on any atom is 0.127 e. The molecule has 4 N–H and O–H groups in total. The quantitative estimate of drug-likeness (QED) is 0.666. The molecular formula is C12H20N2O3. The fourth-order valence-corrected chi connectivity index (χ4v) is 1.77. The Hall–Kier alpha value is -1.30. The van der Waals surface area contributed by atoms with Crippen molar-refractivity contribution in [1.29, 1.82) is 0 Å². The second-order valence-electron chi connectivity index (χ2n) is 3.68. The molecule has 0 saturated heterocycles. The number of benzene rings is 1. The molecule has 0 radical (unpaired) electrons. The van der Waals surface area contributed by atoms with Crippen molar-refractivity contribution in [3.63, 3.8) is 0 Å². The first-order valence-corrected chi connectivity index (χ1v) is 5.45. The average Bonchev–Trinajstić information content (AvgIpc) is 2.39. The number of rotatable bonds is 6. The number of nitrogens with two attached hydrogens (primary N) is 1. The molecule has 1 rings (SSSR count). The van der Waals surface area contributed by atoms with Crippen LogP contribution in [0.25, 0.3) is 0 Å². The van der Waals surface area contributed by atoms with Gasteiger partial charge >= 0.3 is 0 Å². The maximum absolute atomic E-state index is 9.84. The van der Waals surface area contributed by atoms with Gasteiger partial charge in [0.25, 0.3) is 0 Å². The standard InChI is InChI=1S/C12H20N2O3/c1-14-12(10(15)7-13)9-5-4-8(16-2)6-11(9)17-3/h4-6,10,12,14-15H,7,13H2,1-3H3. The van der Waals surface area contributed by atoms with Crippen molar-refractivity contribution in [1.82, 2.24) is 5.32 Å². The zero-order chi connectivity index (χ0) is 12.8. The number of likely N-dealkylation sites (N-methyl/N-ethyl adjacent to an activating group) is 1. The molecule has 0 fully saturated rings. The molecule has 0 aliphatic carbocycles. The van der Waals surface area contributed by atoms with Crippen LogP contribution in [-0.2, 0) is 0 Å². The van der Waals surface area contributed by atoms with Crippen molar-refractivity contribution in [2.24, 2.45) is 5.73 Å². The van der Waals surface area contributed by atoms with Gasteiger partial charge in [-0.25, -0.2) is 0 Å². The van der Waals surface area contributed by atoms with Crippen molar-refractivity contribution in [3.05, 3.63) is 23.8 Å². The van der Waals surface area contributed by atoms with E-state index in [-0.39, 0.29) is 12.6 Å². The molecule has 0 saturated carbocycles. The zero-order valence-electron chi connectivity index (χ0n) is 10.4. The van der Waals surface area contributed by atoms with Crippen LogP contribution in [0.15, 0.2) is 18.2 Å². The van der Waals surface area contributed by atoms with Gasteiger partial charge in [0.1, 0.15) is 11.5 Å². The Labute approximate surface area is 102 Å². The van der Waals surface area contributed by atoms with Gasteiger partial charge in [0.15, 0.2) is 0 Å². The second-order valence-corrected chi connectivity index (χ2v) is 3.68. The van der Waals surface area contributed by atoms with Crippen LogP contribution in [-0.4, -0.2) is 39.0 Å². The maximum atomic E-state index is 9.84. The predicted octanol–water partition coefficient (Wildman–Crippen LogP) is 0.284. The lowest BCUT2D eigenvalue weighted by Crippen LogP contribution is -2.35. The monoisotopic (exact) mass is 240 g/mol. The SMILES string of the molecule is CNC(c1ccc(OC)cc1OC)C(O)CN. The molecule has 5 nitrogen and oxygen atoms in total. The molecule has 2 atom stereocenters. The molecule has 0 aliphatic rings. The van der Waals surface area contributed by atoms with Crippen molar-refractivity contribution >= 4 is 0 Å². The summed E-state index contributed by atoms with van der Waals surface area (Å²) in [7, 11) is 4.95. The minimum absolute atomic E-state index is 0.181. The summed E-state index contributed by atoms with van der Waals surface area (Å²) in [5.74, 6) is 1.37. The Balaban J connectivity index is 3.10. The molecule has 0 bridgehead atoms. The molecule has 0 heterocycles. The third-order valence-corrected chi connectivity index (χ3v) is 2.71. The second kappa shape index (κ2) is 6.44. The van der Waals surface area contributed by atoms with Gasteiger partial charge in [-0.05, 0) is 19.2 Å². The van der Waals surface area contributed by atoms with E-state index in [1.54, 1.807) is 27.3 Å². The van der Waals surface area contributed by atoms with Gasteiger partial charge in [0, 0.05) is 18.2 Å². The molecular weight excluding hydrogens is 220 g/mol. The fraction of sp³-hybridized carbons (Fsp3) is 0.500. The lowest BCUT2D eigenvalue weighted by molar-refractivity contribution is 0.137. The van der Waals surface area contributed by atoms with Crippen LogP contribution in [0, 0.1) is 0 Å². The first-order valence-electron chi connectivity index (χ1n) is 5.45. The first kappa shape index (κ1) is 13.8. The van der Waals surface area contributed by atoms with Crippen molar-refractivity contribution in [3.8, 4) is 11.5 Å². The van der Waals surface area contributed by atoms with Gasteiger partial charge in [-0.2, -0.15) is 0 Å². The molecule has 1 aromatic rings. The normalized spacial score (nSPS) is 14.2. The van der Waals surface area contributed by atoms with Gasteiger partial charge in [-0.1, -0.05) is 0 Å². The Morgan fingerprint density at radius 3 is 2.53 bits per heavy atom. The van der Waals surface area contributed by atoms with Gasteiger partial charge in [0.05, 0.1) is 26.4 Å². The third kappa shape index (κ3) is 3.09. The summed E-state index contributed by atoms with van der Waals surface area (Å²) in [6.07, 6.45) is -0.665. The summed E-state index contributed by atoms with van der Waals surface area (Å²) in [6.45, 7) is 0.181. The summed E-state index contributed by atoms with van der Waals surface area (Å²) < 4.78 is 10.4. The lowest BCUT2D eigenvalue weighted by Gasteiger charge is -2.23. The molecule has 0 aliphatic heterocycles. The summed E-state index contributed by atoms with van der Waals surface area (Å²) >= 11 is 0. The summed E-state index contributed by atoms with van der Waals surface area (Å²) in [6, 6.07) is 5.20. The van der Waals surface area contributed by atoms with E-state index >= 15 is 0 Å². The van der Waals surface area contributed by atoms with Crippen LogP contribution in [0.5, 0.6) is 11.5 Å². The smallest absolute Gasteiger partial charge is 0.127 e. The number of aliphatic hydroxyl groups is 1. The number of methoxy groups -OCH3 is 2. The zero-order valence-corrected chi connectivity index (χ0v) is 10.4. The molecule has 96 valence electrons. The summed E-state index contributed by atoms with van der Waals surface area (Å²) in [5.41, 5.74) is 6.33. The predicted molar refractivity (Wildman–Crippen MR) is 66.4 cm³/mol. The Bertz CT molecular complexity index is 358.